The minimum atomic E-state index is -0.401. The van der Waals surface area contributed by atoms with E-state index in [1.54, 1.807) is 7.11 Å². The predicted molar refractivity (Wildman–Crippen MR) is 101 cm³/mol. The topological polar surface area (TPSA) is 32.8 Å². The maximum absolute atomic E-state index is 13.8. The van der Waals surface area contributed by atoms with E-state index in [1.807, 2.05) is 4.90 Å². The van der Waals surface area contributed by atoms with Crippen molar-refractivity contribution in [3.05, 3.63) is 35.4 Å². The first-order valence-electron chi connectivity index (χ1n) is 9.70. The lowest BCUT2D eigenvalue weighted by molar-refractivity contribution is -0.147. The summed E-state index contributed by atoms with van der Waals surface area (Å²) < 4.78 is 5.27. The quantitative estimate of drug-likeness (QED) is 0.795. The number of nitrogens with zero attached hydrogens (tertiary/aromatic N) is 2. The van der Waals surface area contributed by atoms with Gasteiger partial charge in [-0.1, -0.05) is 30.7 Å². The van der Waals surface area contributed by atoms with Crippen LogP contribution in [0.3, 0.4) is 0 Å². The van der Waals surface area contributed by atoms with Crippen LogP contribution in [0.4, 0.5) is 0 Å². The van der Waals surface area contributed by atoms with Crippen LogP contribution >= 0.6 is 0 Å². The third-order valence-corrected chi connectivity index (χ3v) is 5.86. The number of rotatable bonds is 6. The molecular formula is C21H32N2O2. The van der Waals surface area contributed by atoms with Crippen LogP contribution in [-0.2, 0) is 22.4 Å². The molecule has 1 aliphatic heterocycles. The molecule has 1 aliphatic carbocycles. The maximum atomic E-state index is 13.8. The first-order chi connectivity index (χ1) is 12.1. The molecule has 4 heteroatoms. The molecule has 0 N–H and O–H groups in total. The zero-order chi connectivity index (χ0) is 17.9. The van der Waals surface area contributed by atoms with Crippen LogP contribution in [0.25, 0.3) is 0 Å². The first kappa shape index (κ1) is 18.4. The first-order valence-corrected chi connectivity index (χ1v) is 9.70. The van der Waals surface area contributed by atoms with Gasteiger partial charge >= 0.3 is 0 Å². The molecule has 25 heavy (non-hydrogen) atoms. The van der Waals surface area contributed by atoms with Crippen LogP contribution in [0.15, 0.2) is 24.3 Å². The molecule has 138 valence electrons. The molecule has 1 heterocycles. The monoisotopic (exact) mass is 344 g/mol. The lowest BCUT2D eigenvalue weighted by Gasteiger charge is -2.45. The second-order valence-electron chi connectivity index (χ2n) is 7.79. The van der Waals surface area contributed by atoms with Crippen molar-refractivity contribution in [3.8, 4) is 0 Å². The van der Waals surface area contributed by atoms with Crippen molar-refractivity contribution in [2.45, 2.75) is 57.5 Å². The summed E-state index contributed by atoms with van der Waals surface area (Å²) in [4.78, 5) is 18.3. The normalized spacial score (nSPS) is 19.8. The van der Waals surface area contributed by atoms with Gasteiger partial charge in [-0.05, 0) is 50.9 Å². The van der Waals surface area contributed by atoms with Crippen LogP contribution in [0.5, 0.6) is 0 Å². The average Bonchev–Trinajstić information content (AvgIpc) is 3.03. The van der Waals surface area contributed by atoms with Crippen LogP contribution < -0.4 is 0 Å². The summed E-state index contributed by atoms with van der Waals surface area (Å²) in [6.07, 6.45) is 5.37. The molecule has 0 aromatic heterocycles. The minimum absolute atomic E-state index is 0.188. The summed E-state index contributed by atoms with van der Waals surface area (Å²) in [6, 6.07) is 8.78. The average molecular weight is 344 g/mol. The number of hydrogen-bond donors (Lipinski definition) is 0. The number of amides is 1. The van der Waals surface area contributed by atoms with E-state index < -0.39 is 5.54 Å². The lowest BCUT2D eigenvalue weighted by Crippen LogP contribution is -2.63. The number of likely N-dealkylation sites (tertiary alicyclic amines) is 1. The summed E-state index contributed by atoms with van der Waals surface area (Å²) in [7, 11) is 1.70. The van der Waals surface area contributed by atoms with Crippen LogP contribution in [0.2, 0.25) is 0 Å². The Labute approximate surface area is 152 Å². The van der Waals surface area contributed by atoms with Crippen molar-refractivity contribution in [2.75, 3.05) is 33.4 Å². The molecule has 0 unspecified atom stereocenters. The van der Waals surface area contributed by atoms with Crippen LogP contribution in [0, 0.1) is 0 Å². The van der Waals surface area contributed by atoms with Gasteiger partial charge in [0, 0.05) is 32.5 Å². The molecule has 0 spiro atoms. The molecule has 1 amide bonds. The Morgan fingerprint density at radius 2 is 1.76 bits per heavy atom. The molecule has 0 atom stereocenters. The molecule has 1 aromatic carbocycles. The molecule has 0 saturated carbocycles. The number of benzene rings is 1. The molecule has 0 bridgehead atoms. The molecule has 1 saturated heterocycles. The van der Waals surface area contributed by atoms with E-state index in [2.05, 4.69) is 43.0 Å². The Morgan fingerprint density at radius 3 is 2.28 bits per heavy atom. The zero-order valence-corrected chi connectivity index (χ0v) is 16.0. The second-order valence-corrected chi connectivity index (χ2v) is 7.79. The van der Waals surface area contributed by atoms with Gasteiger partial charge in [-0.25, -0.2) is 0 Å². The highest BCUT2D eigenvalue weighted by molar-refractivity contribution is 5.88. The number of carbonyl (C=O) groups excluding carboxylic acids is 1. The van der Waals surface area contributed by atoms with Gasteiger partial charge in [0.15, 0.2) is 0 Å². The van der Waals surface area contributed by atoms with E-state index in [0.717, 1.165) is 25.9 Å². The SMILES string of the molecule is COCCN(C(=O)C1(N2CCCCC2)Cc2ccccc2C1)C(C)C. The Balaban J connectivity index is 1.93. The van der Waals surface area contributed by atoms with Gasteiger partial charge < -0.3 is 9.64 Å². The van der Waals surface area contributed by atoms with Crippen molar-refractivity contribution in [1.29, 1.82) is 0 Å². The highest BCUT2D eigenvalue weighted by atomic mass is 16.5. The second kappa shape index (κ2) is 7.88. The molecule has 1 fully saturated rings. The molecular weight excluding hydrogens is 312 g/mol. The Bertz CT molecular complexity index is 568. The number of carbonyl (C=O) groups is 1. The predicted octanol–water partition coefficient (Wildman–Crippen LogP) is 2.89. The van der Waals surface area contributed by atoms with Gasteiger partial charge in [0.05, 0.1) is 6.61 Å². The van der Waals surface area contributed by atoms with Gasteiger partial charge in [-0.2, -0.15) is 0 Å². The summed E-state index contributed by atoms with van der Waals surface area (Å²) >= 11 is 0. The highest BCUT2D eigenvalue weighted by Gasteiger charge is 2.50. The van der Waals surface area contributed by atoms with Gasteiger partial charge in [0.2, 0.25) is 5.91 Å². The van der Waals surface area contributed by atoms with Crippen LogP contribution in [0.1, 0.15) is 44.2 Å². The largest absolute Gasteiger partial charge is 0.383 e. The summed E-state index contributed by atoms with van der Waals surface area (Å²) in [5, 5.41) is 0. The fourth-order valence-electron chi connectivity index (χ4n) is 4.48. The Hall–Kier alpha value is -1.39. The third-order valence-electron chi connectivity index (χ3n) is 5.86. The van der Waals surface area contributed by atoms with Gasteiger partial charge in [0.1, 0.15) is 5.54 Å². The van der Waals surface area contributed by atoms with Crippen molar-refractivity contribution >= 4 is 5.91 Å². The smallest absolute Gasteiger partial charge is 0.244 e. The maximum Gasteiger partial charge on any atom is 0.244 e. The van der Waals surface area contributed by atoms with Gasteiger partial charge in [0.25, 0.3) is 0 Å². The molecule has 4 nitrogen and oxygen atoms in total. The molecule has 3 rings (SSSR count). The highest BCUT2D eigenvalue weighted by Crippen LogP contribution is 2.38. The van der Waals surface area contributed by atoms with Crippen LogP contribution in [-0.4, -0.2) is 60.6 Å². The Kier molecular flexibility index (Phi) is 5.80. The molecule has 1 aromatic rings. The number of methoxy groups -OCH3 is 1. The summed E-state index contributed by atoms with van der Waals surface area (Å²) in [6.45, 7) is 7.55. The van der Waals surface area contributed by atoms with Gasteiger partial charge in [-0.3, -0.25) is 9.69 Å². The fourth-order valence-corrected chi connectivity index (χ4v) is 4.48. The van der Waals surface area contributed by atoms with Crippen molar-refractivity contribution in [2.24, 2.45) is 0 Å². The van der Waals surface area contributed by atoms with E-state index in [-0.39, 0.29) is 11.9 Å². The lowest BCUT2D eigenvalue weighted by atomic mass is 9.88. The fraction of sp³-hybridized carbons (Fsp3) is 0.667. The van der Waals surface area contributed by atoms with Gasteiger partial charge in [-0.15, -0.1) is 0 Å². The minimum Gasteiger partial charge on any atom is -0.383 e. The zero-order valence-electron chi connectivity index (χ0n) is 16.0. The number of piperidine rings is 1. The van der Waals surface area contributed by atoms with Crippen molar-refractivity contribution < 1.29 is 9.53 Å². The third kappa shape index (κ3) is 3.61. The Morgan fingerprint density at radius 1 is 1.16 bits per heavy atom. The molecule has 0 radical (unpaired) electrons. The van der Waals surface area contributed by atoms with Crippen molar-refractivity contribution in [3.63, 3.8) is 0 Å². The van der Waals surface area contributed by atoms with E-state index in [1.165, 1.54) is 30.4 Å². The van der Waals surface area contributed by atoms with E-state index in [4.69, 9.17) is 4.74 Å². The number of ether oxygens (including phenoxy) is 1. The van der Waals surface area contributed by atoms with E-state index in [9.17, 15) is 4.79 Å². The molecule has 2 aliphatic rings. The summed E-state index contributed by atoms with van der Waals surface area (Å²) in [5.74, 6) is 0.289. The van der Waals surface area contributed by atoms with Crippen molar-refractivity contribution in [1.82, 2.24) is 9.80 Å². The standard InChI is InChI=1S/C21H32N2O2/c1-17(2)23(13-14-25-3)20(24)21(22-11-7-4-8-12-22)15-18-9-5-6-10-19(18)16-21/h5-6,9-10,17H,4,7-8,11-16H2,1-3H3. The number of fused-ring (bicyclic) bond motifs is 1. The summed E-state index contributed by atoms with van der Waals surface area (Å²) in [5.41, 5.74) is 2.29. The number of hydrogen-bond acceptors (Lipinski definition) is 3. The van der Waals surface area contributed by atoms with E-state index in [0.29, 0.717) is 13.2 Å². The van der Waals surface area contributed by atoms with E-state index >= 15 is 0 Å².